The van der Waals surface area contributed by atoms with Gasteiger partial charge in [0.2, 0.25) is 0 Å². The molecule has 2 aromatic rings. The van der Waals surface area contributed by atoms with E-state index >= 15 is 0 Å². The van der Waals surface area contributed by atoms with Gasteiger partial charge in [-0.2, -0.15) is 8.42 Å². The van der Waals surface area contributed by atoms with Gasteiger partial charge in [0.05, 0.1) is 5.75 Å². The molecule has 1 N–H and O–H groups in total. The van der Waals surface area contributed by atoms with Gasteiger partial charge in [0, 0.05) is 0 Å². The van der Waals surface area contributed by atoms with Crippen LogP contribution >= 0.6 is 0 Å². The van der Waals surface area contributed by atoms with Crippen molar-refractivity contribution in [2.24, 2.45) is 0 Å². The topological polar surface area (TPSA) is 54.4 Å². The predicted octanol–water partition coefficient (Wildman–Crippen LogP) is 2.74. The molecule has 4 heteroatoms. The lowest BCUT2D eigenvalue weighted by atomic mass is 10.0. The number of fused-ring (bicyclic) bond motifs is 1. The van der Waals surface area contributed by atoms with Crippen LogP contribution in [-0.2, 0) is 10.1 Å². The quantitative estimate of drug-likeness (QED) is 0.850. The molecular weight excluding hydrogens is 236 g/mol. The molecule has 0 aromatic heterocycles. The van der Waals surface area contributed by atoms with E-state index in [-0.39, 0.29) is 5.75 Å². The lowest BCUT2D eigenvalue weighted by molar-refractivity contribution is 0.487. The molecule has 0 aliphatic rings. The summed E-state index contributed by atoms with van der Waals surface area (Å²) in [7, 11) is -3.93. The lowest BCUT2D eigenvalue weighted by Gasteiger charge is -2.01. The number of benzene rings is 2. The van der Waals surface area contributed by atoms with E-state index in [9.17, 15) is 8.42 Å². The molecule has 2 aromatic carbocycles. The second-order valence-electron chi connectivity index (χ2n) is 3.72. The minimum atomic E-state index is -3.93. The van der Waals surface area contributed by atoms with Gasteiger partial charge >= 0.3 is 0 Å². The third kappa shape index (κ3) is 3.15. The van der Waals surface area contributed by atoms with Crippen molar-refractivity contribution in [1.29, 1.82) is 0 Å². The maximum atomic E-state index is 10.6. The van der Waals surface area contributed by atoms with E-state index in [0.29, 0.717) is 0 Å². The molecule has 0 aliphatic carbocycles. The molecule has 0 saturated heterocycles. The summed E-state index contributed by atoms with van der Waals surface area (Å²) >= 11 is 0. The van der Waals surface area contributed by atoms with Crippen molar-refractivity contribution in [2.45, 2.75) is 0 Å². The predicted molar refractivity (Wildman–Crippen MR) is 69.4 cm³/mol. The van der Waals surface area contributed by atoms with Crippen molar-refractivity contribution in [3.63, 3.8) is 0 Å². The third-order valence-electron chi connectivity index (χ3n) is 2.43. The summed E-state index contributed by atoms with van der Waals surface area (Å²) in [5.41, 5.74) is 0.937. The van der Waals surface area contributed by atoms with Gasteiger partial charge in [-0.15, -0.1) is 0 Å². The summed E-state index contributed by atoms with van der Waals surface area (Å²) in [5.74, 6) is -0.365. The molecule has 0 bridgehead atoms. The smallest absolute Gasteiger partial charge is 0.268 e. The fraction of sp³-hybridized carbons (Fsp3) is 0.0769. The summed E-state index contributed by atoms with van der Waals surface area (Å²) in [6.07, 6.45) is 3.15. The summed E-state index contributed by atoms with van der Waals surface area (Å²) < 4.78 is 29.8. The van der Waals surface area contributed by atoms with E-state index < -0.39 is 10.1 Å². The van der Waals surface area contributed by atoms with Crippen molar-refractivity contribution in [3.8, 4) is 0 Å². The average molecular weight is 248 g/mol. The van der Waals surface area contributed by atoms with E-state index in [1.165, 1.54) is 6.08 Å². The number of hydrogen-bond donors (Lipinski definition) is 1. The Balaban J connectivity index is 2.36. The van der Waals surface area contributed by atoms with Crippen molar-refractivity contribution >= 4 is 27.0 Å². The van der Waals surface area contributed by atoms with Crippen LogP contribution in [0, 0.1) is 0 Å². The summed E-state index contributed by atoms with van der Waals surface area (Å²) in [6, 6.07) is 13.7. The van der Waals surface area contributed by atoms with E-state index in [0.717, 1.165) is 16.3 Å². The van der Waals surface area contributed by atoms with Gasteiger partial charge < -0.3 is 0 Å². The molecule has 2 rings (SSSR count). The molecule has 0 aliphatic heterocycles. The molecule has 17 heavy (non-hydrogen) atoms. The normalized spacial score (nSPS) is 12.3. The average Bonchev–Trinajstić information content (AvgIpc) is 2.28. The molecule has 0 saturated carbocycles. The van der Waals surface area contributed by atoms with Gasteiger partial charge in [0.15, 0.2) is 0 Å². The van der Waals surface area contributed by atoms with Gasteiger partial charge in [-0.3, -0.25) is 4.55 Å². The van der Waals surface area contributed by atoms with Gasteiger partial charge in [-0.1, -0.05) is 54.6 Å². The first-order valence-corrected chi connectivity index (χ1v) is 6.77. The summed E-state index contributed by atoms with van der Waals surface area (Å²) in [4.78, 5) is 0. The highest BCUT2D eigenvalue weighted by atomic mass is 32.2. The molecule has 0 radical (unpaired) electrons. The largest absolute Gasteiger partial charge is 0.285 e. The SMILES string of the molecule is O=S(=O)(O)CC=Cc1cccc2ccccc12. The highest BCUT2D eigenvalue weighted by Gasteiger charge is 2.00. The lowest BCUT2D eigenvalue weighted by Crippen LogP contribution is -1.99. The Morgan fingerprint density at radius 3 is 2.53 bits per heavy atom. The third-order valence-corrected chi connectivity index (χ3v) is 3.04. The van der Waals surface area contributed by atoms with Crippen LogP contribution < -0.4 is 0 Å². The molecule has 0 fully saturated rings. The summed E-state index contributed by atoms with van der Waals surface area (Å²) in [5, 5.41) is 2.16. The van der Waals surface area contributed by atoms with Gasteiger partial charge in [0.25, 0.3) is 10.1 Å². The zero-order valence-electron chi connectivity index (χ0n) is 9.08. The van der Waals surface area contributed by atoms with Crippen LogP contribution in [0.2, 0.25) is 0 Å². The Labute approximate surface area is 100 Å². The van der Waals surface area contributed by atoms with E-state index in [2.05, 4.69) is 0 Å². The minimum absolute atomic E-state index is 0.365. The molecule has 0 amide bonds. The van der Waals surface area contributed by atoms with E-state index in [1.54, 1.807) is 6.08 Å². The highest BCUT2D eigenvalue weighted by Crippen LogP contribution is 2.19. The molecule has 0 unspecified atom stereocenters. The second-order valence-corrected chi connectivity index (χ2v) is 5.22. The van der Waals surface area contributed by atoms with E-state index in [1.807, 2.05) is 42.5 Å². The Kier molecular flexibility index (Phi) is 3.26. The van der Waals surface area contributed by atoms with Crippen molar-refractivity contribution in [1.82, 2.24) is 0 Å². The molecule has 0 heterocycles. The molecule has 3 nitrogen and oxygen atoms in total. The molecule has 0 atom stereocenters. The monoisotopic (exact) mass is 248 g/mol. The Morgan fingerprint density at radius 2 is 1.76 bits per heavy atom. The highest BCUT2D eigenvalue weighted by molar-refractivity contribution is 7.85. The van der Waals surface area contributed by atoms with Gasteiger partial charge in [0.1, 0.15) is 0 Å². The maximum absolute atomic E-state index is 10.6. The van der Waals surface area contributed by atoms with Gasteiger partial charge in [-0.25, -0.2) is 0 Å². The van der Waals surface area contributed by atoms with Crippen molar-refractivity contribution < 1.29 is 13.0 Å². The minimum Gasteiger partial charge on any atom is -0.285 e. The standard InChI is InChI=1S/C13H12O3S/c14-17(15,16)10-4-8-12-7-3-6-11-5-1-2-9-13(11)12/h1-9H,10H2,(H,14,15,16). The van der Waals surface area contributed by atoms with E-state index in [4.69, 9.17) is 4.55 Å². The molecule has 88 valence electrons. The Hall–Kier alpha value is -1.65. The van der Waals surface area contributed by atoms with Crippen LogP contribution in [0.3, 0.4) is 0 Å². The van der Waals surface area contributed by atoms with Crippen LogP contribution in [0.15, 0.2) is 48.5 Å². The van der Waals surface area contributed by atoms with Crippen LogP contribution in [0.5, 0.6) is 0 Å². The Bertz CT molecular complexity index is 652. The molecular formula is C13H12O3S. The van der Waals surface area contributed by atoms with Crippen LogP contribution in [0.1, 0.15) is 5.56 Å². The maximum Gasteiger partial charge on any atom is 0.268 e. The second kappa shape index (κ2) is 4.69. The zero-order chi connectivity index (χ0) is 12.3. The number of rotatable bonds is 3. The molecule has 0 spiro atoms. The van der Waals surface area contributed by atoms with Crippen molar-refractivity contribution in [2.75, 3.05) is 5.75 Å². The number of hydrogen-bond acceptors (Lipinski definition) is 2. The fourth-order valence-corrected chi connectivity index (χ4v) is 2.03. The first-order valence-electron chi connectivity index (χ1n) is 5.16. The van der Waals surface area contributed by atoms with Crippen molar-refractivity contribution in [3.05, 3.63) is 54.1 Å². The Morgan fingerprint density at radius 1 is 1.06 bits per heavy atom. The fourth-order valence-electron chi connectivity index (χ4n) is 1.69. The van der Waals surface area contributed by atoms with Crippen LogP contribution in [-0.4, -0.2) is 18.7 Å². The van der Waals surface area contributed by atoms with Crippen LogP contribution in [0.25, 0.3) is 16.8 Å². The first-order chi connectivity index (χ1) is 8.06. The first kappa shape index (κ1) is 11.8. The zero-order valence-corrected chi connectivity index (χ0v) is 9.89. The van der Waals surface area contributed by atoms with Crippen LogP contribution in [0.4, 0.5) is 0 Å². The van der Waals surface area contributed by atoms with Gasteiger partial charge in [-0.05, 0) is 16.3 Å². The summed E-state index contributed by atoms with van der Waals surface area (Å²) in [6.45, 7) is 0.